The van der Waals surface area contributed by atoms with Crippen molar-refractivity contribution in [1.82, 2.24) is 0 Å². The third-order valence-electron chi connectivity index (χ3n) is 2.22. The minimum atomic E-state index is -0.794. The van der Waals surface area contributed by atoms with E-state index in [-0.39, 0.29) is 34.5 Å². The highest BCUT2D eigenvalue weighted by atomic mass is 35.5. The molecule has 1 aromatic rings. The molecule has 0 fully saturated rings. The predicted molar refractivity (Wildman–Crippen MR) is 58.6 cm³/mol. The fraction of sp³-hybridized carbons (Fsp3) is 0.200. The molecular formula is C10H8ClNO5. The number of methoxy groups -OCH3 is 1. The summed E-state index contributed by atoms with van der Waals surface area (Å²) in [6.07, 6.45) is 0. The van der Waals surface area contributed by atoms with Crippen molar-refractivity contribution in [1.29, 1.82) is 0 Å². The van der Waals surface area contributed by atoms with Crippen LogP contribution in [0.15, 0.2) is 6.07 Å². The number of hydrogen-bond donors (Lipinski definition) is 2. The Morgan fingerprint density at radius 2 is 2.35 bits per heavy atom. The van der Waals surface area contributed by atoms with E-state index in [9.17, 15) is 14.7 Å². The Bertz CT molecular complexity index is 514. The molecule has 6 nitrogen and oxygen atoms in total. The fourth-order valence-corrected chi connectivity index (χ4v) is 1.68. The Morgan fingerprint density at radius 3 is 3.00 bits per heavy atom. The molecule has 1 heterocycles. The predicted octanol–water partition coefficient (Wildman–Crippen LogP) is 1.16. The summed E-state index contributed by atoms with van der Waals surface area (Å²) in [5, 5.41) is 12.1. The third kappa shape index (κ3) is 1.87. The number of hydrogen-bond acceptors (Lipinski definition) is 5. The Balaban J connectivity index is 2.64. The van der Waals surface area contributed by atoms with E-state index in [1.54, 1.807) is 0 Å². The molecule has 1 amide bonds. The molecule has 2 N–H and O–H groups in total. The maximum atomic E-state index is 11.5. The minimum absolute atomic E-state index is 0.0540. The number of carbonyl (C=O) groups is 2. The van der Waals surface area contributed by atoms with Crippen molar-refractivity contribution in [2.45, 2.75) is 0 Å². The molecule has 0 spiro atoms. The second kappa shape index (κ2) is 4.14. The zero-order valence-electron chi connectivity index (χ0n) is 8.74. The van der Waals surface area contributed by atoms with Crippen LogP contribution >= 0.6 is 11.6 Å². The normalized spacial score (nSPS) is 13.4. The molecule has 0 saturated carbocycles. The summed E-state index contributed by atoms with van der Waals surface area (Å²) in [6, 6.07) is 1.30. The van der Waals surface area contributed by atoms with Crippen molar-refractivity contribution in [3.63, 3.8) is 0 Å². The van der Waals surface area contributed by atoms with Gasteiger partial charge in [0.1, 0.15) is 5.56 Å². The first kappa shape index (κ1) is 11.5. The summed E-state index contributed by atoms with van der Waals surface area (Å²) in [7, 11) is 1.16. The van der Waals surface area contributed by atoms with Gasteiger partial charge < -0.3 is 19.9 Å². The number of phenols is 1. The van der Waals surface area contributed by atoms with E-state index in [0.717, 1.165) is 7.11 Å². The number of benzene rings is 1. The van der Waals surface area contributed by atoms with E-state index in [0.29, 0.717) is 0 Å². The molecule has 0 bridgehead atoms. The van der Waals surface area contributed by atoms with Crippen molar-refractivity contribution in [2.24, 2.45) is 0 Å². The van der Waals surface area contributed by atoms with E-state index < -0.39 is 11.7 Å². The molecule has 0 saturated heterocycles. The smallest absolute Gasteiger partial charge is 0.345 e. The number of ether oxygens (including phenoxy) is 2. The number of halogens is 1. The van der Waals surface area contributed by atoms with Gasteiger partial charge in [0.25, 0.3) is 5.91 Å². The van der Waals surface area contributed by atoms with E-state index in [1.165, 1.54) is 6.07 Å². The Hall–Kier alpha value is -1.95. The molecule has 0 unspecified atom stereocenters. The average Bonchev–Trinajstić information content (AvgIpc) is 2.30. The van der Waals surface area contributed by atoms with Gasteiger partial charge in [0, 0.05) is 0 Å². The Morgan fingerprint density at radius 1 is 1.65 bits per heavy atom. The van der Waals surface area contributed by atoms with E-state index >= 15 is 0 Å². The lowest BCUT2D eigenvalue weighted by atomic mass is 10.1. The van der Waals surface area contributed by atoms with Gasteiger partial charge in [-0.3, -0.25) is 4.79 Å². The maximum Gasteiger partial charge on any atom is 0.345 e. The van der Waals surface area contributed by atoms with Crippen LogP contribution in [0, 0.1) is 0 Å². The SMILES string of the molecule is COC(=O)c1c(O)c(Cl)cc2c1OCC(=O)N2. The van der Waals surface area contributed by atoms with Crippen molar-refractivity contribution < 1.29 is 24.2 Å². The lowest BCUT2D eigenvalue weighted by molar-refractivity contribution is -0.118. The van der Waals surface area contributed by atoms with Crippen LogP contribution in [0.2, 0.25) is 5.02 Å². The molecule has 0 aliphatic carbocycles. The van der Waals surface area contributed by atoms with Crippen molar-refractivity contribution >= 4 is 29.2 Å². The first-order valence-electron chi connectivity index (χ1n) is 4.61. The van der Waals surface area contributed by atoms with Gasteiger partial charge >= 0.3 is 5.97 Å². The van der Waals surface area contributed by atoms with Gasteiger partial charge in [0.15, 0.2) is 18.1 Å². The van der Waals surface area contributed by atoms with Crippen molar-refractivity contribution in [3.8, 4) is 11.5 Å². The Kier molecular flexibility index (Phi) is 2.81. The number of carbonyl (C=O) groups excluding carboxylic acids is 2. The number of esters is 1. The minimum Gasteiger partial charge on any atom is -0.505 e. The monoisotopic (exact) mass is 257 g/mol. The zero-order valence-corrected chi connectivity index (χ0v) is 9.50. The molecule has 2 rings (SSSR count). The van der Waals surface area contributed by atoms with E-state index in [2.05, 4.69) is 10.1 Å². The molecule has 90 valence electrons. The summed E-state index contributed by atoms with van der Waals surface area (Å²) in [6.45, 7) is -0.238. The van der Waals surface area contributed by atoms with Crippen LogP contribution in [0.3, 0.4) is 0 Å². The molecule has 1 aromatic carbocycles. The summed E-state index contributed by atoms with van der Waals surface area (Å²) in [5.41, 5.74) is 0.0273. The molecule has 17 heavy (non-hydrogen) atoms. The van der Waals surface area contributed by atoms with Crippen LogP contribution in [0.5, 0.6) is 11.5 Å². The maximum absolute atomic E-state index is 11.5. The quantitative estimate of drug-likeness (QED) is 0.583. The molecule has 0 aromatic heterocycles. The van der Waals surface area contributed by atoms with Gasteiger partial charge in [-0.1, -0.05) is 11.6 Å². The fourth-order valence-electron chi connectivity index (χ4n) is 1.48. The van der Waals surface area contributed by atoms with E-state index in [4.69, 9.17) is 16.3 Å². The first-order chi connectivity index (χ1) is 8.04. The van der Waals surface area contributed by atoms with Crippen LogP contribution in [-0.4, -0.2) is 30.7 Å². The number of aromatic hydroxyl groups is 1. The van der Waals surface area contributed by atoms with Gasteiger partial charge in [-0.05, 0) is 6.07 Å². The van der Waals surface area contributed by atoms with Gasteiger partial charge in [0.05, 0.1) is 17.8 Å². The Labute approximate surface area is 101 Å². The molecule has 7 heteroatoms. The van der Waals surface area contributed by atoms with Crippen LogP contribution in [0.1, 0.15) is 10.4 Å². The summed E-state index contributed by atoms with van der Waals surface area (Å²) >= 11 is 5.73. The molecular weight excluding hydrogens is 250 g/mol. The topological polar surface area (TPSA) is 84.9 Å². The second-order valence-corrected chi connectivity index (χ2v) is 3.69. The van der Waals surface area contributed by atoms with Crippen molar-refractivity contribution in [3.05, 3.63) is 16.7 Å². The van der Waals surface area contributed by atoms with Crippen LogP contribution in [-0.2, 0) is 9.53 Å². The standard InChI is InChI=1S/C10H8ClNO5/c1-16-10(15)7-8(14)4(11)2-5-9(7)17-3-6(13)12-5/h2,14H,3H2,1H3,(H,12,13). The number of nitrogens with one attached hydrogen (secondary N) is 1. The first-order valence-corrected chi connectivity index (χ1v) is 4.98. The number of amides is 1. The summed E-state index contributed by atoms with van der Waals surface area (Å²) in [4.78, 5) is 22.6. The van der Waals surface area contributed by atoms with Crippen LogP contribution < -0.4 is 10.1 Å². The van der Waals surface area contributed by atoms with E-state index in [1.807, 2.05) is 0 Å². The highest BCUT2D eigenvalue weighted by Crippen LogP contribution is 2.42. The second-order valence-electron chi connectivity index (χ2n) is 3.29. The molecule has 0 atom stereocenters. The van der Waals surface area contributed by atoms with Gasteiger partial charge in [-0.15, -0.1) is 0 Å². The summed E-state index contributed by atoms with van der Waals surface area (Å²) < 4.78 is 9.61. The summed E-state index contributed by atoms with van der Waals surface area (Å²) in [5.74, 6) is -1.54. The van der Waals surface area contributed by atoms with Gasteiger partial charge in [-0.25, -0.2) is 4.79 Å². The van der Waals surface area contributed by atoms with Crippen molar-refractivity contribution in [2.75, 3.05) is 19.0 Å². The van der Waals surface area contributed by atoms with Gasteiger partial charge in [-0.2, -0.15) is 0 Å². The highest BCUT2D eigenvalue weighted by molar-refractivity contribution is 6.33. The molecule has 1 aliphatic rings. The number of anilines is 1. The van der Waals surface area contributed by atoms with Crippen LogP contribution in [0.4, 0.5) is 5.69 Å². The van der Waals surface area contributed by atoms with Crippen LogP contribution in [0.25, 0.3) is 0 Å². The number of phenolic OH excluding ortho intramolecular Hbond substituents is 1. The third-order valence-corrected chi connectivity index (χ3v) is 2.51. The molecule has 1 aliphatic heterocycles. The largest absolute Gasteiger partial charge is 0.505 e. The zero-order chi connectivity index (χ0) is 12.6. The van der Waals surface area contributed by atoms with Gasteiger partial charge in [0.2, 0.25) is 0 Å². The highest BCUT2D eigenvalue weighted by Gasteiger charge is 2.28. The number of rotatable bonds is 1. The molecule has 0 radical (unpaired) electrons. The lowest BCUT2D eigenvalue weighted by Gasteiger charge is -2.21. The lowest BCUT2D eigenvalue weighted by Crippen LogP contribution is -2.26. The number of fused-ring (bicyclic) bond motifs is 1. The average molecular weight is 258 g/mol.